The maximum absolute atomic E-state index is 12.7. The summed E-state index contributed by atoms with van der Waals surface area (Å²) in [6.07, 6.45) is 2.00. The Labute approximate surface area is 122 Å². The number of carbonyl (C=O) groups excluding carboxylic acids is 1. The summed E-state index contributed by atoms with van der Waals surface area (Å²) in [4.78, 5) is 14.7. The number of fused-ring (bicyclic) bond motifs is 1. The van der Waals surface area contributed by atoms with E-state index in [9.17, 15) is 4.79 Å². The third-order valence-corrected chi connectivity index (χ3v) is 4.70. The van der Waals surface area contributed by atoms with Crippen molar-refractivity contribution < 1.29 is 4.79 Å². The molecule has 3 heterocycles. The molecule has 1 aromatic heterocycles. The second kappa shape index (κ2) is 4.94. The Bertz CT molecular complexity index is 485. The molecule has 0 radical (unpaired) electrons. The topological polar surface area (TPSA) is 37.3 Å². The summed E-state index contributed by atoms with van der Waals surface area (Å²) in [5.74, 6) is 1.47. The van der Waals surface area contributed by atoms with Crippen LogP contribution in [0.4, 0.5) is 0 Å². The fourth-order valence-electron chi connectivity index (χ4n) is 3.23. The quantitative estimate of drug-likeness (QED) is 0.904. The zero-order chi connectivity index (χ0) is 13.6. The molecule has 4 nitrogen and oxygen atoms in total. The molecule has 0 spiro atoms. The lowest BCUT2D eigenvalue weighted by molar-refractivity contribution is 0.0769. The van der Waals surface area contributed by atoms with Gasteiger partial charge < -0.3 is 14.8 Å². The number of amides is 1. The molecule has 1 amide bonds. The molecule has 2 atom stereocenters. The van der Waals surface area contributed by atoms with E-state index >= 15 is 0 Å². The van der Waals surface area contributed by atoms with Crippen molar-refractivity contribution in [2.75, 3.05) is 26.2 Å². The predicted octanol–water partition coefficient (Wildman–Crippen LogP) is 2.12. The van der Waals surface area contributed by atoms with Crippen molar-refractivity contribution in [3.8, 4) is 0 Å². The minimum Gasteiger partial charge on any atom is -0.340 e. The number of nitrogens with one attached hydrogen (secondary N) is 1. The minimum absolute atomic E-state index is 0.175. The molecule has 19 heavy (non-hydrogen) atoms. The number of hydrogen-bond acceptors (Lipinski definition) is 2. The molecule has 0 aliphatic carbocycles. The van der Waals surface area contributed by atoms with Crippen LogP contribution in [0.1, 0.15) is 30.4 Å². The summed E-state index contributed by atoms with van der Waals surface area (Å²) >= 11 is 3.48. The first-order chi connectivity index (χ1) is 9.06. The van der Waals surface area contributed by atoms with E-state index in [1.165, 1.54) is 0 Å². The van der Waals surface area contributed by atoms with Gasteiger partial charge in [-0.15, -0.1) is 0 Å². The summed E-state index contributed by atoms with van der Waals surface area (Å²) < 4.78 is 3.03. The van der Waals surface area contributed by atoms with Crippen LogP contribution < -0.4 is 5.32 Å². The Hall–Kier alpha value is -0.810. The highest BCUT2D eigenvalue weighted by atomic mass is 79.9. The maximum atomic E-state index is 12.7. The maximum Gasteiger partial charge on any atom is 0.270 e. The van der Waals surface area contributed by atoms with Gasteiger partial charge in [-0.1, -0.05) is 0 Å². The molecule has 0 unspecified atom stereocenters. The highest BCUT2D eigenvalue weighted by molar-refractivity contribution is 9.10. The Morgan fingerprint density at radius 3 is 2.58 bits per heavy atom. The van der Waals surface area contributed by atoms with E-state index in [0.29, 0.717) is 17.9 Å². The lowest BCUT2D eigenvalue weighted by atomic mass is 10.0. The molecule has 2 fully saturated rings. The van der Waals surface area contributed by atoms with E-state index in [2.05, 4.69) is 39.7 Å². The molecule has 3 rings (SSSR count). The Kier molecular flexibility index (Phi) is 3.43. The first-order valence-corrected chi connectivity index (χ1v) is 7.73. The molecule has 2 aliphatic rings. The summed E-state index contributed by atoms with van der Waals surface area (Å²) in [5, 5.41) is 3.41. The highest BCUT2D eigenvalue weighted by Crippen LogP contribution is 2.29. The number of carbonyl (C=O) groups is 1. The van der Waals surface area contributed by atoms with Crippen molar-refractivity contribution in [3.05, 3.63) is 22.4 Å². The van der Waals surface area contributed by atoms with Gasteiger partial charge in [0, 0.05) is 42.9 Å². The first-order valence-electron chi connectivity index (χ1n) is 6.93. The van der Waals surface area contributed by atoms with Crippen LogP contribution in [0, 0.1) is 11.8 Å². The van der Waals surface area contributed by atoms with Crippen LogP contribution in [-0.2, 0) is 0 Å². The first kappa shape index (κ1) is 13.2. The van der Waals surface area contributed by atoms with Crippen LogP contribution in [0.25, 0.3) is 0 Å². The zero-order valence-electron chi connectivity index (χ0n) is 11.4. The molecular formula is C14H20BrN3O. The van der Waals surface area contributed by atoms with E-state index < -0.39 is 0 Å². The van der Waals surface area contributed by atoms with Crippen molar-refractivity contribution in [2.45, 2.75) is 19.9 Å². The van der Waals surface area contributed by atoms with Gasteiger partial charge in [-0.25, -0.2) is 0 Å². The molecule has 0 saturated carbocycles. The van der Waals surface area contributed by atoms with Crippen LogP contribution in [0.3, 0.4) is 0 Å². The largest absolute Gasteiger partial charge is 0.340 e. The number of halogens is 1. The van der Waals surface area contributed by atoms with E-state index in [0.717, 1.165) is 36.3 Å². The average Bonchev–Trinajstić information content (AvgIpc) is 2.99. The predicted molar refractivity (Wildman–Crippen MR) is 78.3 cm³/mol. The normalized spacial score (nSPS) is 26.2. The van der Waals surface area contributed by atoms with E-state index in [4.69, 9.17) is 0 Å². The lowest BCUT2D eigenvalue weighted by Crippen LogP contribution is -2.33. The minimum atomic E-state index is 0.175. The number of nitrogens with zero attached hydrogens (tertiary/aromatic N) is 2. The van der Waals surface area contributed by atoms with Gasteiger partial charge >= 0.3 is 0 Å². The van der Waals surface area contributed by atoms with E-state index in [-0.39, 0.29) is 5.91 Å². The van der Waals surface area contributed by atoms with Crippen molar-refractivity contribution in [2.24, 2.45) is 11.8 Å². The summed E-state index contributed by atoms with van der Waals surface area (Å²) in [6.45, 7) is 8.12. The summed E-state index contributed by atoms with van der Waals surface area (Å²) in [7, 11) is 0. The molecule has 104 valence electrons. The van der Waals surface area contributed by atoms with Crippen molar-refractivity contribution in [1.82, 2.24) is 14.8 Å². The third kappa shape index (κ3) is 2.34. The van der Waals surface area contributed by atoms with Gasteiger partial charge in [0.2, 0.25) is 0 Å². The molecule has 0 aromatic carbocycles. The van der Waals surface area contributed by atoms with Crippen molar-refractivity contribution >= 4 is 21.8 Å². The number of aromatic nitrogens is 1. The Balaban J connectivity index is 1.81. The zero-order valence-corrected chi connectivity index (χ0v) is 13.0. The summed E-state index contributed by atoms with van der Waals surface area (Å²) in [6, 6.07) is 2.24. The number of rotatable bonds is 2. The fourth-order valence-corrected chi connectivity index (χ4v) is 3.66. The second-order valence-electron chi connectivity index (χ2n) is 5.93. The van der Waals surface area contributed by atoms with Gasteiger partial charge in [-0.05, 0) is 47.7 Å². The molecular weight excluding hydrogens is 306 g/mol. The molecule has 2 saturated heterocycles. The number of likely N-dealkylation sites (tertiary alicyclic amines) is 1. The van der Waals surface area contributed by atoms with Gasteiger partial charge in [-0.3, -0.25) is 4.79 Å². The van der Waals surface area contributed by atoms with Gasteiger partial charge in [0.05, 0.1) is 0 Å². The summed E-state index contributed by atoms with van der Waals surface area (Å²) in [5.41, 5.74) is 0.801. The van der Waals surface area contributed by atoms with Crippen LogP contribution >= 0.6 is 15.9 Å². The third-order valence-electron chi connectivity index (χ3n) is 4.27. The van der Waals surface area contributed by atoms with E-state index in [1.54, 1.807) is 0 Å². The van der Waals surface area contributed by atoms with E-state index in [1.807, 2.05) is 17.2 Å². The monoisotopic (exact) mass is 325 g/mol. The fraction of sp³-hybridized carbons (Fsp3) is 0.643. The molecule has 1 N–H and O–H groups in total. The molecule has 1 aromatic rings. The van der Waals surface area contributed by atoms with Crippen LogP contribution in [-0.4, -0.2) is 41.6 Å². The van der Waals surface area contributed by atoms with Crippen LogP contribution in [0.2, 0.25) is 0 Å². The molecule has 2 aliphatic heterocycles. The number of hydrogen-bond donors (Lipinski definition) is 1. The standard InChI is InChI=1S/C14H20BrN3O/c1-9(2)18-8-12(15)3-13(18)14(19)17-6-10-4-16-5-11(10)7-17/h3,8-11,16H,4-7H2,1-2H3/t10-,11+. The Morgan fingerprint density at radius 2 is 2.00 bits per heavy atom. The Morgan fingerprint density at radius 1 is 1.37 bits per heavy atom. The van der Waals surface area contributed by atoms with Gasteiger partial charge in [-0.2, -0.15) is 0 Å². The molecule has 0 bridgehead atoms. The SMILES string of the molecule is CC(C)n1cc(Br)cc1C(=O)N1C[C@H]2CNC[C@H]2C1. The lowest BCUT2D eigenvalue weighted by Gasteiger charge is -2.20. The van der Waals surface area contributed by atoms with Crippen molar-refractivity contribution in [3.63, 3.8) is 0 Å². The van der Waals surface area contributed by atoms with Gasteiger partial charge in [0.15, 0.2) is 0 Å². The van der Waals surface area contributed by atoms with Crippen LogP contribution in [0.5, 0.6) is 0 Å². The van der Waals surface area contributed by atoms with Crippen molar-refractivity contribution in [1.29, 1.82) is 0 Å². The average molecular weight is 326 g/mol. The highest BCUT2D eigenvalue weighted by Gasteiger charge is 2.38. The smallest absolute Gasteiger partial charge is 0.270 e. The molecule has 5 heteroatoms. The van der Waals surface area contributed by atoms with Gasteiger partial charge in [0.25, 0.3) is 5.91 Å². The second-order valence-corrected chi connectivity index (χ2v) is 6.85. The van der Waals surface area contributed by atoms with Crippen LogP contribution in [0.15, 0.2) is 16.7 Å². The van der Waals surface area contributed by atoms with Gasteiger partial charge in [0.1, 0.15) is 5.69 Å².